The maximum absolute atomic E-state index is 12.2. The van der Waals surface area contributed by atoms with E-state index in [2.05, 4.69) is 10.3 Å². The Morgan fingerprint density at radius 2 is 2.15 bits per heavy atom. The van der Waals surface area contributed by atoms with Crippen molar-refractivity contribution < 1.29 is 9.90 Å². The van der Waals surface area contributed by atoms with Crippen molar-refractivity contribution in [2.75, 3.05) is 6.54 Å². The number of aromatic amines is 1. The number of aryl methyl sites for hydroxylation is 2. The molecule has 108 valence electrons. The number of aliphatic hydroxyl groups is 1. The van der Waals surface area contributed by atoms with Crippen molar-refractivity contribution in [2.24, 2.45) is 0 Å². The number of fused-ring (bicyclic) bond motifs is 1. The van der Waals surface area contributed by atoms with Crippen LogP contribution in [0.2, 0.25) is 0 Å². The average molecular weight is 274 g/mol. The Bertz CT molecular complexity index is 616. The topological polar surface area (TPSA) is 65.1 Å². The molecule has 1 atom stereocenters. The van der Waals surface area contributed by atoms with E-state index in [4.69, 9.17) is 0 Å². The summed E-state index contributed by atoms with van der Waals surface area (Å²) in [5.41, 5.74) is 3.74. The first-order valence-electron chi connectivity index (χ1n) is 7.08. The van der Waals surface area contributed by atoms with E-state index in [0.29, 0.717) is 18.5 Å². The van der Waals surface area contributed by atoms with Gasteiger partial charge in [0, 0.05) is 17.6 Å². The van der Waals surface area contributed by atoms with E-state index in [1.54, 1.807) is 6.07 Å². The largest absolute Gasteiger partial charge is 0.391 e. The van der Waals surface area contributed by atoms with E-state index in [0.717, 1.165) is 23.0 Å². The van der Waals surface area contributed by atoms with Crippen LogP contribution in [0.15, 0.2) is 18.2 Å². The Balaban J connectivity index is 2.20. The van der Waals surface area contributed by atoms with E-state index in [9.17, 15) is 9.90 Å². The number of hydrogen-bond donors (Lipinski definition) is 3. The molecule has 0 saturated carbocycles. The summed E-state index contributed by atoms with van der Waals surface area (Å²) in [4.78, 5) is 15.5. The van der Waals surface area contributed by atoms with Gasteiger partial charge in [0.2, 0.25) is 0 Å². The van der Waals surface area contributed by atoms with Gasteiger partial charge in [-0.05, 0) is 31.9 Å². The molecule has 1 heterocycles. The van der Waals surface area contributed by atoms with Gasteiger partial charge in [-0.2, -0.15) is 0 Å². The van der Waals surface area contributed by atoms with Crippen molar-refractivity contribution in [3.63, 3.8) is 0 Å². The normalized spacial score (nSPS) is 12.6. The summed E-state index contributed by atoms with van der Waals surface area (Å²) < 4.78 is 0. The van der Waals surface area contributed by atoms with Crippen LogP contribution in [-0.2, 0) is 0 Å². The number of rotatable bonds is 5. The highest BCUT2D eigenvalue weighted by Crippen LogP contribution is 2.24. The van der Waals surface area contributed by atoms with E-state index in [1.807, 2.05) is 32.9 Å². The first-order valence-corrected chi connectivity index (χ1v) is 7.08. The van der Waals surface area contributed by atoms with Gasteiger partial charge < -0.3 is 15.4 Å². The van der Waals surface area contributed by atoms with Crippen LogP contribution >= 0.6 is 0 Å². The Morgan fingerprint density at radius 1 is 1.40 bits per heavy atom. The minimum absolute atomic E-state index is 0.146. The van der Waals surface area contributed by atoms with E-state index >= 15 is 0 Å². The Hall–Kier alpha value is -1.81. The highest BCUT2D eigenvalue weighted by molar-refractivity contribution is 6.06. The molecule has 3 N–H and O–H groups in total. The zero-order valence-corrected chi connectivity index (χ0v) is 12.3. The lowest BCUT2D eigenvalue weighted by molar-refractivity contribution is 0.0911. The van der Waals surface area contributed by atoms with Gasteiger partial charge in [0.1, 0.15) is 0 Å². The highest BCUT2D eigenvalue weighted by Gasteiger charge is 2.14. The molecule has 1 aromatic heterocycles. The fraction of sp³-hybridized carbons (Fsp3) is 0.438. The molecule has 0 saturated heterocycles. The number of aromatic nitrogens is 1. The van der Waals surface area contributed by atoms with Crippen molar-refractivity contribution in [3.8, 4) is 0 Å². The third-order valence-corrected chi connectivity index (χ3v) is 3.71. The van der Waals surface area contributed by atoms with Gasteiger partial charge in [0.05, 0.1) is 17.2 Å². The molecular weight excluding hydrogens is 252 g/mol. The van der Waals surface area contributed by atoms with Crippen LogP contribution < -0.4 is 5.32 Å². The number of H-pyrrole nitrogens is 1. The summed E-state index contributed by atoms with van der Waals surface area (Å²) in [5.74, 6) is -0.146. The molecule has 4 nitrogen and oxygen atoms in total. The van der Waals surface area contributed by atoms with Crippen molar-refractivity contribution in [1.82, 2.24) is 10.3 Å². The number of carbonyl (C=O) groups excluding carboxylic acids is 1. The third-order valence-electron chi connectivity index (χ3n) is 3.71. The molecule has 4 heteroatoms. The number of aliphatic hydroxyl groups excluding tert-OH is 1. The number of benzene rings is 1. The first kappa shape index (κ1) is 14.6. The lowest BCUT2D eigenvalue weighted by Crippen LogP contribution is -2.32. The molecule has 0 aliphatic rings. The van der Waals surface area contributed by atoms with Gasteiger partial charge in [-0.3, -0.25) is 4.79 Å². The number of amides is 1. The Labute approximate surface area is 119 Å². The SMILES string of the molecule is CCCC(O)CNC(=O)c1cccc2c(C)c(C)[nH]c12. The summed E-state index contributed by atoms with van der Waals surface area (Å²) >= 11 is 0. The predicted octanol–water partition coefficient (Wildman–Crippen LogP) is 2.68. The summed E-state index contributed by atoms with van der Waals surface area (Å²) in [6, 6.07) is 5.70. The molecule has 2 aromatic rings. The number of para-hydroxylation sites is 1. The van der Waals surface area contributed by atoms with Gasteiger partial charge in [0.25, 0.3) is 5.91 Å². The van der Waals surface area contributed by atoms with E-state index in [1.165, 1.54) is 5.56 Å². The molecule has 0 aliphatic heterocycles. The predicted molar refractivity (Wildman–Crippen MR) is 81.0 cm³/mol. The van der Waals surface area contributed by atoms with Crippen molar-refractivity contribution >= 4 is 16.8 Å². The Kier molecular flexibility index (Phi) is 4.45. The molecule has 0 aliphatic carbocycles. The molecule has 0 fully saturated rings. The monoisotopic (exact) mass is 274 g/mol. The second-order valence-electron chi connectivity index (χ2n) is 5.26. The second kappa shape index (κ2) is 6.09. The molecule has 0 spiro atoms. The van der Waals surface area contributed by atoms with Crippen molar-refractivity contribution in [2.45, 2.75) is 39.7 Å². The number of carbonyl (C=O) groups is 1. The summed E-state index contributed by atoms with van der Waals surface area (Å²) in [5, 5.41) is 13.6. The van der Waals surface area contributed by atoms with Gasteiger partial charge >= 0.3 is 0 Å². The maximum atomic E-state index is 12.2. The van der Waals surface area contributed by atoms with E-state index < -0.39 is 6.10 Å². The Morgan fingerprint density at radius 3 is 2.85 bits per heavy atom. The van der Waals surface area contributed by atoms with Crippen LogP contribution in [0.5, 0.6) is 0 Å². The fourth-order valence-electron chi connectivity index (χ4n) is 2.41. The third kappa shape index (κ3) is 2.85. The number of hydrogen-bond acceptors (Lipinski definition) is 2. The standard InChI is InChI=1S/C16H22N2O2/c1-4-6-12(19)9-17-16(20)14-8-5-7-13-10(2)11(3)18-15(13)14/h5,7-8,12,18-19H,4,6,9H2,1-3H3,(H,17,20). The quantitative estimate of drug-likeness (QED) is 0.785. The van der Waals surface area contributed by atoms with Crippen LogP contribution in [0.1, 0.15) is 41.4 Å². The summed E-state index contributed by atoms with van der Waals surface area (Å²) in [6.07, 6.45) is 1.13. The van der Waals surface area contributed by atoms with Crippen LogP contribution in [0.4, 0.5) is 0 Å². The zero-order valence-electron chi connectivity index (χ0n) is 12.3. The average Bonchev–Trinajstić information content (AvgIpc) is 2.72. The molecule has 0 bridgehead atoms. The fourth-order valence-corrected chi connectivity index (χ4v) is 2.41. The lowest BCUT2D eigenvalue weighted by Gasteiger charge is -2.11. The van der Waals surface area contributed by atoms with Crippen LogP contribution in [-0.4, -0.2) is 28.6 Å². The molecule has 1 aromatic carbocycles. The highest BCUT2D eigenvalue weighted by atomic mass is 16.3. The summed E-state index contributed by atoms with van der Waals surface area (Å²) in [7, 11) is 0. The van der Waals surface area contributed by atoms with Crippen LogP contribution in [0.3, 0.4) is 0 Å². The zero-order chi connectivity index (χ0) is 14.7. The molecule has 20 heavy (non-hydrogen) atoms. The van der Waals surface area contributed by atoms with Crippen LogP contribution in [0, 0.1) is 13.8 Å². The van der Waals surface area contributed by atoms with Crippen LogP contribution in [0.25, 0.3) is 10.9 Å². The first-order chi connectivity index (χ1) is 9.54. The van der Waals surface area contributed by atoms with Crippen molar-refractivity contribution in [3.05, 3.63) is 35.0 Å². The van der Waals surface area contributed by atoms with Gasteiger partial charge in [-0.15, -0.1) is 0 Å². The lowest BCUT2D eigenvalue weighted by atomic mass is 10.1. The van der Waals surface area contributed by atoms with E-state index in [-0.39, 0.29) is 5.91 Å². The maximum Gasteiger partial charge on any atom is 0.253 e. The molecule has 0 radical (unpaired) electrons. The smallest absolute Gasteiger partial charge is 0.253 e. The number of nitrogens with one attached hydrogen (secondary N) is 2. The van der Waals surface area contributed by atoms with Gasteiger partial charge in [0.15, 0.2) is 0 Å². The molecule has 1 unspecified atom stereocenters. The van der Waals surface area contributed by atoms with Gasteiger partial charge in [-0.1, -0.05) is 25.5 Å². The molecule has 2 rings (SSSR count). The van der Waals surface area contributed by atoms with Gasteiger partial charge in [-0.25, -0.2) is 0 Å². The van der Waals surface area contributed by atoms with Crippen molar-refractivity contribution in [1.29, 1.82) is 0 Å². The minimum atomic E-state index is -0.477. The molecular formula is C16H22N2O2. The minimum Gasteiger partial charge on any atom is -0.391 e. The molecule has 1 amide bonds. The summed E-state index contributed by atoms with van der Waals surface area (Å²) in [6.45, 7) is 6.35. The second-order valence-corrected chi connectivity index (χ2v) is 5.26.